The van der Waals surface area contributed by atoms with Crippen molar-refractivity contribution in [3.05, 3.63) is 29.8 Å². The van der Waals surface area contributed by atoms with Crippen LogP contribution in [0.5, 0.6) is 5.75 Å². The maximum absolute atomic E-state index is 8.62. The monoisotopic (exact) mass is 246 g/mol. The number of nitrogens with zero attached hydrogens (tertiary/aromatic N) is 1. The summed E-state index contributed by atoms with van der Waals surface area (Å²) in [6.07, 6.45) is 0.385. The zero-order chi connectivity index (χ0) is 13.8. The lowest BCUT2D eigenvalue weighted by molar-refractivity contribution is 0.0684. The van der Waals surface area contributed by atoms with Crippen LogP contribution in [0.1, 0.15) is 33.3 Å². The molecule has 18 heavy (non-hydrogen) atoms. The van der Waals surface area contributed by atoms with Gasteiger partial charge in [-0.3, -0.25) is 0 Å². The van der Waals surface area contributed by atoms with Gasteiger partial charge in [0, 0.05) is 11.5 Å². The Morgan fingerprint density at radius 1 is 1.28 bits per heavy atom. The quantitative estimate of drug-likeness (QED) is 0.888. The van der Waals surface area contributed by atoms with E-state index in [1.165, 1.54) is 0 Å². The Bertz CT molecular complexity index is 410. The van der Waals surface area contributed by atoms with Gasteiger partial charge >= 0.3 is 0 Å². The molecule has 0 spiro atoms. The van der Waals surface area contributed by atoms with Gasteiger partial charge < -0.3 is 10.5 Å². The summed E-state index contributed by atoms with van der Waals surface area (Å²) < 4.78 is 5.97. The van der Waals surface area contributed by atoms with Crippen molar-refractivity contribution in [2.45, 2.75) is 46.3 Å². The summed E-state index contributed by atoms with van der Waals surface area (Å²) in [4.78, 5) is 0. The van der Waals surface area contributed by atoms with Gasteiger partial charge in [0.1, 0.15) is 11.9 Å². The summed E-state index contributed by atoms with van der Waals surface area (Å²) in [5.74, 6) is 0.800. The van der Waals surface area contributed by atoms with Gasteiger partial charge in [0.2, 0.25) is 0 Å². The minimum atomic E-state index is -0.0423. The minimum Gasteiger partial charge on any atom is -0.488 e. The average Bonchev–Trinajstić information content (AvgIpc) is 2.26. The van der Waals surface area contributed by atoms with E-state index in [-0.39, 0.29) is 17.6 Å². The van der Waals surface area contributed by atoms with Crippen molar-refractivity contribution in [1.29, 1.82) is 5.26 Å². The molecule has 0 amide bonds. The second-order valence-electron chi connectivity index (χ2n) is 5.74. The van der Waals surface area contributed by atoms with E-state index in [1.54, 1.807) is 0 Å². The Balaban J connectivity index is 2.79. The van der Waals surface area contributed by atoms with Crippen LogP contribution in [-0.4, -0.2) is 12.1 Å². The van der Waals surface area contributed by atoms with Crippen molar-refractivity contribution >= 4 is 0 Å². The van der Waals surface area contributed by atoms with E-state index in [1.807, 2.05) is 31.2 Å². The first kappa shape index (κ1) is 14.5. The maximum atomic E-state index is 8.62. The highest BCUT2D eigenvalue weighted by Gasteiger charge is 2.29. The molecule has 0 heterocycles. The van der Waals surface area contributed by atoms with Crippen LogP contribution in [0, 0.1) is 16.7 Å². The molecule has 2 N–H and O–H groups in total. The van der Waals surface area contributed by atoms with Gasteiger partial charge in [-0.1, -0.05) is 32.9 Å². The van der Waals surface area contributed by atoms with Crippen molar-refractivity contribution in [2.24, 2.45) is 11.1 Å². The Morgan fingerprint density at radius 3 is 2.22 bits per heavy atom. The molecule has 0 aliphatic heterocycles. The molecule has 2 unspecified atom stereocenters. The lowest BCUT2D eigenvalue weighted by Crippen LogP contribution is -2.45. The Hall–Kier alpha value is -1.53. The van der Waals surface area contributed by atoms with Gasteiger partial charge in [0.05, 0.1) is 12.5 Å². The van der Waals surface area contributed by atoms with Crippen LogP contribution in [-0.2, 0) is 6.42 Å². The summed E-state index contributed by atoms with van der Waals surface area (Å²) in [5, 5.41) is 8.62. The number of ether oxygens (including phenoxy) is 1. The molecule has 1 rings (SSSR count). The van der Waals surface area contributed by atoms with Crippen molar-refractivity contribution in [3.63, 3.8) is 0 Å². The summed E-state index contributed by atoms with van der Waals surface area (Å²) in [5.41, 5.74) is 6.96. The van der Waals surface area contributed by atoms with Crippen LogP contribution in [0.2, 0.25) is 0 Å². The molecule has 1 aromatic rings. The number of nitriles is 1. The van der Waals surface area contributed by atoms with E-state index in [2.05, 4.69) is 26.8 Å². The Labute approximate surface area is 110 Å². The molecule has 0 aliphatic rings. The van der Waals surface area contributed by atoms with E-state index in [4.69, 9.17) is 15.7 Å². The molecule has 0 aliphatic carbocycles. The van der Waals surface area contributed by atoms with Gasteiger partial charge in [-0.2, -0.15) is 5.26 Å². The van der Waals surface area contributed by atoms with E-state index in [9.17, 15) is 0 Å². The molecule has 0 fully saturated rings. The molecular formula is C15H22N2O. The Morgan fingerprint density at radius 2 is 1.83 bits per heavy atom. The van der Waals surface area contributed by atoms with Gasteiger partial charge in [0.25, 0.3) is 0 Å². The lowest BCUT2D eigenvalue weighted by atomic mass is 9.85. The molecule has 0 radical (unpaired) electrons. The largest absolute Gasteiger partial charge is 0.488 e. The number of benzene rings is 1. The number of hydrogen-bond acceptors (Lipinski definition) is 3. The second-order valence-corrected chi connectivity index (χ2v) is 5.74. The number of nitrogens with two attached hydrogens (primary N) is 1. The highest BCUT2D eigenvalue weighted by molar-refractivity contribution is 5.29. The Kier molecular flexibility index (Phi) is 4.75. The molecule has 0 saturated carbocycles. The third-order valence-corrected chi connectivity index (χ3v) is 2.80. The zero-order valence-corrected chi connectivity index (χ0v) is 11.6. The highest BCUT2D eigenvalue weighted by atomic mass is 16.5. The third-order valence-electron chi connectivity index (χ3n) is 2.80. The maximum Gasteiger partial charge on any atom is 0.119 e. The first-order valence-corrected chi connectivity index (χ1v) is 6.22. The summed E-state index contributed by atoms with van der Waals surface area (Å²) in [6, 6.07) is 9.71. The van der Waals surface area contributed by atoms with Crippen molar-refractivity contribution in [1.82, 2.24) is 0 Å². The molecule has 3 heteroatoms. The van der Waals surface area contributed by atoms with Crippen LogP contribution in [0.15, 0.2) is 24.3 Å². The molecule has 3 nitrogen and oxygen atoms in total. The molecular weight excluding hydrogens is 224 g/mol. The zero-order valence-electron chi connectivity index (χ0n) is 11.6. The first-order chi connectivity index (χ1) is 8.34. The average molecular weight is 246 g/mol. The van der Waals surface area contributed by atoms with Gasteiger partial charge in [-0.25, -0.2) is 0 Å². The molecule has 2 atom stereocenters. The minimum absolute atomic E-state index is 0.0144. The second kappa shape index (κ2) is 5.88. The van der Waals surface area contributed by atoms with Crippen LogP contribution in [0.4, 0.5) is 0 Å². The van der Waals surface area contributed by atoms with E-state index in [0.29, 0.717) is 6.42 Å². The summed E-state index contributed by atoms with van der Waals surface area (Å²) in [7, 11) is 0. The fourth-order valence-corrected chi connectivity index (χ4v) is 2.00. The van der Waals surface area contributed by atoms with Gasteiger partial charge in [-0.05, 0) is 24.6 Å². The predicted molar refractivity (Wildman–Crippen MR) is 73.3 cm³/mol. The molecule has 1 aromatic carbocycles. The molecule has 98 valence electrons. The smallest absolute Gasteiger partial charge is 0.119 e. The topological polar surface area (TPSA) is 59.0 Å². The van der Waals surface area contributed by atoms with Crippen LogP contribution in [0.25, 0.3) is 0 Å². The van der Waals surface area contributed by atoms with Crippen LogP contribution < -0.4 is 10.5 Å². The summed E-state index contributed by atoms with van der Waals surface area (Å²) in [6.45, 7) is 8.31. The lowest BCUT2D eigenvalue weighted by Gasteiger charge is -2.34. The number of hydrogen-bond donors (Lipinski definition) is 1. The fourth-order valence-electron chi connectivity index (χ4n) is 2.00. The standard InChI is InChI=1S/C15H22N2O/c1-11(17)14(15(2,3)4)18-13-7-5-12(6-8-13)9-10-16/h5-8,11,14H,9,17H2,1-4H3. The fraction of sp³-hybridized carbons (Fsp3) is 0.533. The van der Waals surface area contributed by atoms with Crippen LogP contribution in [0.3, 0.4) is 0 Å². The van der Waals surface area contributed by atoms with Crippen molar-refractivity contribution < 1.29 is 4.74 Å². The van der Waals surface area contributed by atoms with Gasteiger partial charge in [-0.15, -0.1) is 0 Å². The van der Waals surface area contributed by atoms with E-state index < -0.39 is 0 Å². The molecule has 0 saturated heterocycles. The number of rotatable bonds is 4. The van der Waals surface area contributed by atoms with Crippen molar-refractivity contribution in [3.8, 4) is 11.8 Å². The van der Waals surface area contributed by atoms with E-state index in [0.717, 1.165) is 11.3 Å². The predicted octanol–water partition coefficient (Wildman–Crippen LogP) is 2.89. The highest BCUT2D eigenvalue weighted by Crippen LogP contribution is 2.26. The molecule has 0 aromatic heterocycles. The SMILES string of the molecule is CC(N)C(Oc1ccc(CC#N)cc1)C(C)(C)C. The van der Waals surface area contributed by atoms with Crippen molar-refractivity contribution in [2.75, 3.05) is 0 Å². The normalized spacial score (nSPS) is 14.7. The van der Waals surface area contributed by atoms with Gasteiger partial charge in [0.15, 0.2) is 0 Å². The van der Waals surface area contributed by atoms with Crippen LogP contribution >= 0.6 is 0 Å². The first-order valence-electron chi connectivity index (χ1n) is 6.22. The third kappa shape index (κ3) is 4.05. The van der Waals surface area contributed by atoms with E-state index >= 15 is 0 Å². The summed E-state index contributed by atoms with van der Waals surface area (Å²) >= 11 is 0. The molecule has 0 bridgehead atoms.